The van der Waals surface area contributed by atoms with E-state index in [1.54, 1.807) is 0 Å². The molecule has 6 aliphatic rings. The van der Waals surface area contributed by atoms with Crippen LogP contribution in [-0.2, 0) is 4.74 Å². The van der Waals surface area contributed by atoms with Crippen molar-refractivity contribution in [2.24, 2.45) is 34.0 Å². The molecule has 6 rings (SSSR count). The molecule has 27 heavy (non-hydrogen) atoms. The van der Waals surface area contributed by atoms with Gasteiger partial charge in [0.15, 0.2) is 0 Å². The lowest BCUT2D eigenvalue weighted by molar-refractivity contribution is -0.478. The van der Waals surface area contributed by atoms with Gasteiger partial charge >= 0.3 is 0 Å². The summed E-state index contributed by atoms with van der Waals surface area (Å²) in [6, 6.07) is 0. The number of aliphatic hydroxyl groups is 6. The molecule has 6 N–H and O–H groups in total. The van der Waals surface area contributed by atoms with Crippen LogP contribution in [0.4, 0.5) is 0 Å². The lowest BCUT2D eigenvalue weighted by atomic mass is 9.35. The molecule has 4 saturated carbocycles. The van der Waals surface area contributed by atoms with Gasteiger partial charge in [-0.15, -0.1) is 0 Å². The summed E-state index contributed by atoms with van der Waals surface area (Å²) in [5.41, 5.74) is -2.70. The summed E-state index contributed by atoms with van der Waals surface area (Å²) in [7, 11) is 0. The van der Waals surface area contributed by atoms with Crippen molar-refractivity contribution in [3.63, 3.8) is 0 Å². The van der Waals surface area contributed by atoms with E-state index in [2.05, 4.69) is 6.58 Å². The third-order valence-corrected chi connectivity index (χ3v) is 9.32. The van der Waals surface area contributed by atoms with E-state index in [0.29, 0.717) is 31.3 Å². The summed E-state index contributed by atoms with van der Waals surface area (Å²) < 4.78 is 5.83. The van der Waals surface area contributed by atoms with Crippen molar-refractivity contribution in [1.29, 1.82) is 0 Å². The van der Waals surface area contributed by atoms with Gasteiger partial charge in [0.2, 0.25) is 5.79 Å². The minimum atomic E-state index is -2.16. The van der Waals surface area contributed by atoms with Crippen LogP contribution in [-0.4, -0.2) is 74.1 Å². The van der Waals surface area contributed by atoms with Crippen LogP contribution in [0.25, 0.3) is 0 Å². The molecule has 0 radical (unpaired) electrons. The van der Waals surface area contributed by atoms with Gasteiger partial charge in [-0.05, 0) is 42.6 Å². The van der Waals surface area contributed by atoms with Crippen molar-refractivity contribution in [3.8, 4) is 0 Å². The molecule has 7 heteroatoms. The number of hydrogen-bond acceptors (Lipinski definition) is 7. The standard InChI is InChI=1S/C20H30O7/c1-9-10-3-4-11-18-8-27-20(26,19(11,14(9)23)15(10)24)16(25)13(18)17(2,7-21)6-5-12(18)22/h10-16,21-26H,1,3-8H2,2H3/t10-,11-,12+,13+,14+,15+,16-,17-,18+,19?,20+/m0/s1. The molecule has 6 fully saturated rings. The van der Waals surface area contributed by atoms with Gasteiger partial charge in [-0.2, -0.15) is 0 Å². The smallest absolute Gasteiger partial charge is 0.203 e. The normalized spacial score (nSPS) is 64.4. The summed E-state index contributed by atoms with van der Waals surface area (Å²) in [6.45, 7) is 5.68. The molecule has 7 nitrogen and oxygen atoms in total. The Morgan fingerprint density at radius 3 is 2.48 bits per heavy atom. The summed E-state index contributed by atoms with van der Waals surface area (Å²) in [5, 5.41) is 66.7. The Hall–Kier alpha value is -0.540. The zero-order valence-corrected chi connectivity index (χ0v) is 15.6. The lowest BCUT2D eigenvalue weighted by Crippen LogP contribution is -2.86. The molecular formula is C20H30O7. The maximum atomic E-state index is 11.7. The first-order chi connectivity index (χ1) is 12.6. The van der Waals surface area contributed by atoms with Crippen LogP contribution < -0.4 is 0 Å². The van der Waals surface area contributed by atoms with E-state index < -0.39 is 58.3 Å². The average molecular weight is 382 g/mol. The van der Waals surface area contributed by atoms with Gasteiger partial charge in [0.05, 0.1) is 30.3 Å². The van der Waals surface area contributed by atoms with Gasteiger partial charge in [0, 0.05) is 23.9 Å². The number of rotatable bonds is 1. The van der Waals surface area contributed by atoms with Gasteiger partial charge in [-0.1, -0.05) is 13.5 Å². The predicted molar refractivity (Wildman–Crippen MR) is 93.1 cm³/mol. The quantitative estimate of drug-likeness (QED) is 0.325. The molecular weight excluding hydrogens is 352 g/mol. The molecule has 1 unspecified atom stereocenters. The highest BCUT2D eigenvalue weighted by Crippen LogP contribution is 2.77. The molecule has 2 heterocycles. The summed E-state index contributed by atoms with van der Waals surface area (Å²) in [4.78, 5) is 0. The van der Waals surface area contributed by atoms with Crippen molar-refractivity contribution in [2.75, 3.05) is 13.2 Å². The van der Waals surface area contributed by atoms with Gasteiger partial charge in [0.1, 0.15) is 6.10 Å². The monoisotopic (exact) mass is 382 g/mol. The van der Waals surface area contributed by atoms with Crippen LogP contribution in [0.3, 0.4) is 0 Å². The first-order valence-electron chi connectivity index (χ1n) is 10.0. The third-order valence-electron chi connectivity index (χ3n) is 9.32. The topological polar surface area (TPSA) is 131 Å². The maximum Gasteiger partial charge on any atom is 0.203 e. The van der Waals surface area contributed by atoms with E-state index >= 15 is 0 Å². The molecule has 2 aliphatic heterocycles. The molecule has 0 aromatic carbocycles. The minimum absolute atomic E-state index is 0.0327. The second-order valence-corrected chi connectivity index (χ2v) is 9.98. The Bertz CT molecular complexity index is 698. The first-order valence-corrected chi connectivity index (χ1v) is 10.0. The average Bonchev–Trinajstić information content (AvgIpc) is 2.76. The van der Waals surface area contributed by atoms with Gasteiger partial charge in [0.25, 0.3) is 0 Å². The second-order valence-electron chi connectivity index (χ2n) is 9.98. The lowest BCUT2D eigenvalue weighted by Gasteiger charge is -2.75. The van der Waals surface area contributed by atoms with E-state index in [9.17, 15) is 30.6 Å². The van der Waals surface area contributed by atoms with Crippen LogP contribution in [0, 0.1) is 34.0 Å². The largest absolute Gasteiger partial charge is 0.396 e. The highest BCUT2D eigenvalue weighted by Gasteiger charge is 2.86. The second kappa shape index (κ2) is 5.14. The van der Waals surface area contributed by atoms with Crippen LogP contribution >= 0.6 is 0 Å². The molecule has 4 bridgehead atoms. The van der Waals surface area contributed by atoms with Crippen LogP contribution in [0.2, 0.25) is 0 Å². The van der Waals surface area contributed by atoms with Crippen LogP contribution in [0.5, 0.6) is 0 Å². The number of hydrogen-bond donors (Lipinski definition) is 6. The van der Waals surface area contributed by atoms with Crippen molar-refractivity contribution < 1.29 is 35.4 Å². The van der Waals surface area contributed by atoms with Gasteiger partial charge < -0.3 is 35.4 Å². The van der Waals surface area contributed by atoms with E-state index in [-0.39, 0.29) is 19.1 Å². The van der Waals surface area contributed by atoms with E-state index in [0.717, 1.165) is 0 Å². The Labute approximate surface area is 158 Å². The predicted octanol–water partition coefficient (Wildman–Crippen LogP) is -0.860. The molecule has 0 aromatic heterocycles. The first kappa shape index (κ1) is 18.5. The Morgan fingerprint density at radius 2 is 1.81 bits per heavy atom. The number of ether oxygens (including phenoxy) is 1. The zero-order valence-electron chi connectivity index (χ0n) is 15.6. The molecule has 0 aromatic rings. The Balaban J connectivity index is 1.79. The number of aliphatic hydroxyl groups excluding tert-OH is 5. The van der Waals surface area contributed by atoms with Crippen LogP contribution in [0.1, 0.15) is 32.6 Å². The molecule has 11 atom stereocenters. The SMILES string of the molecule is C=C1[C@@H](O)C23[C@H](O)[C@H]1CC[C@H]2[C@@]12CO[C@]3(O)[C@@H](O)[C@@H]1[C@](C)(CO)CC[C@H]2O. The fourth-order valence-electron chi connectivity index (χ4n) is 8.16. The minimum Gasteiger partial charge on any atom is -0.396 e. The Kier molecular flexibility index (Phi) is 3.52. The third kappa shape index (κ3) is 1.60. The molecule has 152 valence electrons. The van der Waals surface area contributed by atoms with Crippen molar-refractivity contribution in [3.05, 3.63) is 12.2 Å². The van der Waals surface area contributed by atoms with Crippen molar-refractivity contribution in [2.45, 2.75) is 62.8 Å². The molecule has 2 saturated heterocycles. The fourth-order valence-corrected chi connectivity index (χ4v) is 8.16. The highest BCUT2D eigenvalue weighted by molar-refractivity contribution is 5.38. The summed E-state index contributed by atoms with van der Waals surface area (Å²) in [5.74, 6) is -3.57. The fraction of sp³-hybridized carbons (Fsp3) is 0.900. The van der Waals surface area contributed by atoms with Gasteiger partial charge in [-0.25, -0.2) is 0 Å². The van der Waals surface area contributed by atoms with Gasteiger partial charge in [-0.3, -0.25) is 0 Å². The Morgan fingerprint density at radius 1 is 1.11 bits per heavy atom. The maximum absolute atomic E-state index is 11.7. The van der Waals surface area contributed by atoms with Crippen LogP contribution in [0.15, 0.2) is 12.2 Å². The molecule has 2 spiro atoms. The van der Waals surface area contributed by atoms with Crippen molar-refractivity contribution in [1.82, 2.24) is 0 Å². The van der Waals surface area contributed by atoms with E-state index in [1.807, 2.05) is 6.92 Å². The van der Waals surface area contributed by atoms with Crippen molar-refractivity contribution >= 4 is 0 Å². The zero-order chi connectivity index (χ0) is 19.6. The molecule has 0 amide bonds. The summed E-state index contributed by atoms with van der Waals surface area (Å²) >= 11 is 0. The van der Waals surface area contributed by atoms with E-state index in [4.69, 9.17) is 4.74 Å². The number of fused-ring (bicyclic) bond motifs is 2. The molecule has 4 aliphatic carbocycles. The summed E-state index contributed by atoms with van der Waals surface area (Å²) in [6.07, 6.45) is -2.44. The highest BCUT2D eigenvalue weighted by atomic mass is 16.6. The van der Waals surface area contributed by atoms with E-state index in [1.165, 1.54) is 0 Å².